The minimum absolute atomic E-state index is 0. The Morgan fingerprint density at radius 3 is 2.06 bits per heavy atom. The molecule has 11 nitrogen and oxygen atoms in total. The van der Waals surface area contributed by atoms with Crippen molar-refractivity contribution < 1.29 is 24.9 Å². The van der Waals surface area contributed by atoms with Crippen LogP contribution in [0.5, 0.6) is 11.5 Å². The van der Waals surface area contributed by atoms with Gasteiger partial charge in [0.05, 0.1) is 9.85 Å². The number of hydrogen-bond acceptors (Lipinski definition) is 9. The second-order valence-electron chi connectivity index (χ2n) is 6.90. The number of hydrogen-bond donors (Lipinski definition) is 2. The monoisotopic (exact) mass is 488 g/mol. The van der Waals surface area contributed by atoms with E-state index in [4.69, 9.17) is 0 Å². The van der Waals surface area contributed by atoms with Crippen molar-refractivity contribution in [3.63, 3.8) is 0 Å². The first-order valence-electron chi connectivity index (χ1n) is 9.21. The van der Waals surface area contributed by atoms with Gasteiger partial charge in [-0.05, 0) is 18.2 Å². The molecule has 0 unspecified atom stereocenters. The third-order valence-corrected chi connectivity index (χ3v) is 5.04. The maximum absolute atomic E-state index is 12.4. The second-order valence-corrected chi connectivity index (χ2v) is 6.90. The van der Waals surface area contributed by atoms with Crippen LogP contribution in [0.2, 0.25) is 0 Å². The maximum Gasteiger partial charge on any atom is 0.315 e. The summed E-state index contributed by atoms with van der Waals surface area (Å²) in [5.41, 5.74) is 0.191. The first-order chi connectivity index (χ1) is 14.3. The van der Waals surface area contributed by atoms with Crippen LogP contribution in [-0.4, -0.2) is 63.5 Å². The fraction of sp³-hybridized carbons (Fsp3) is 0.316. The highest BCUT2D eigenvalue weighted by molar-refractivity contribution is 5.97. The highest BCUT2D eigenvalue weighted by Crippen LogP contribution is 2.36. The molecule has 0 bridgehead atoms. The van der Waals surface area contributed by atoms with Crippen molar-refractivity contribution in [3.05, 3.63) is 62.2 Å². The number of benzene rings is 2. The van der Waals surface area contributed by atoms with E-state index in [1.165, 1.54) is 12.1 Å². The van der Waals surface area contributed by atoms with E-state index in [9.17, 15) is 35.2 Å². The van der Waals surface area contributed by atoms with E-state index in [-0.39, 0.29) is 48.3 Å². The summed E-state index contributed by atoms with van der Waals surface area (Å²) < 4.78 is 0. The van der Waals surface area contributed by atoms with E-state index in [1.807, 2.05) is 0 Å². The van der Waals surface area contributed by atoms with Crippen molar-refractivity contribution in [1.29, 1.82) is 0 Å². The van der Waals surface area contributed by atoms with Gasteiger partial charge in [-0.2, -0.15) is 0 Å². The van der Waals surface area contributed by atoms with Gasteiger partial charge in [-0.15, -0.1) is 24.8 Å². The Morgan fingerprint density at radius 1 is 0.938 bits per heavy atom. The number of non-ortho nitro benzene ring substituents is 1. The molecule has 0 aliphatic carbocycles. The summed E-state index contributed by atoms with van der Waals surface area (Å²) >= 11 is 0. The fourth-order valence-corrected chi connectivity index (χ4v) is 3.32. The smallest absolute Gasteiger partial charge is 0.315 e. The van der Waals surface area contributed by atoms with Crippen LogP contribution >= 0.6 is 24.8 Å². The molecule has 3 rings (SSSR count). The zero-order chi connectivity index (χ0) is 21.8. The number of carbonyl (C=O) groups excluding carboxylic acids is 1. The third-order valence-electron chi connectivity index (χ3n) is 5.04. The molecule has 0 amide bonds. The van der Waals surface area contributed by atoms with Crippen molar-refractivity contribution in [3.8, 4) is 11.5 Å². The van der Waals surface area contributed by atoms with E-state index in [1.54, 1.807) is 12.1 Å². The molecule has 2 N–H and O–H groups in total. The molecule has 13 heteroatoms. The van der Waals surface area contributed by atoms with E-state index < -0.39 is 27.0 Å². The van der Waals surface area contributed by atoms with E-state index in [0.29, 0.717) is 32.7 Å². The number of aromatic hydroxyl groups is 2. The molecule has 0 spiro atoms. The van der Waals surface area contributed by atoms with E-state index >= 15 is 0 Å². The third kappa shape index (κ3) is 6.19. The molecular formula is C19H22Cl2N4O7. The molecule has 1 aliphatic heterocycles. The van der Waals surface area contributed by atoms with Gasteiger partial charge in [-0.3, -0.25) is 29.9 Å². The lowest BCUT2D eigenvalue weighted by atomic mass is 10.1. The van der Waals surface area contributed by atoms with Crippen LogP contribution in [0, 0.1) is 20.2 Å². The molecule has 2 aromatic carbocycles. The number of phenolic OH excluding ortho intramolecular Hbond substituents is 2. The van der Waals surface area contributed by atoms with Crippen LogP contribution in [0.3, 0.4) is 0 Å². The van der Waals surface area contributed by atoms with Crippen LogP contribution in [0.4, 0.5) is 17.1 Å². The highest BCUT2D eigenvalue weighted by atomic mass is 35.5. The number of phenols is 2. The topological polar surface area (TPSA) is 150 Å². The summed E-state index contributed by atoms with van der Waals surface area (Å²) in [6.07, 6.45) is 0.110. The van der Waals surface area contributed by atoms with E-state index in [0.717, 1.165) is 17.8 Å². The molecule has 1 heterocycles. The molecule has 1 saturated heterocycles. The minimum atomic E-state index is -0.862. The summed E-state index contributed by atoms with van der Waals surface area (Å²) in [4.78, 5) is 36.9. The molecule has 0 radical (unpaired) electrons. The SMILES string of the molecule is Cl.Cl.O=C(CCN1CCN(c2ccc([N+](=O)[O-])cc2)CC1)c1cc(O)c(O)c([N+](=O)[O-])c1. The number of Topliss-reactive ketones (excluding diaryl/α,β-unsaturated/α-hetero) is 1. The van der Waals surface area contributed by atoms with Crippen LogP contribution in [0.1, 0.15) is 16.8 Å². The molecule has 32 heavy (non-hydrogen) atoms. The largest absolute Gasteiger partial charge is 0.504 e. The number of halogens is 2. The molecule has 1 aliphatic rings. The van der Waals surface area contributed by atoms with Gasteiger partial charge in [0.1, 0.15) is 0 Å². The second kappa shape index (κ2) is 11.5. The van der Waals surface area contributed by atoms with E-state index in [2.05, 4.69) is 9.80 Å². The number of nitrogens with zero attached hydrogens (tertiary/aromatic N) is 4. The predicted molar refractivity (Wildman–Crippen MR) is 122 cm³/mol. The van der Waals surface area contributed by atoms with Crippen molar-refractivity contribution in [2.75, 3.05) is 37.6 Å². The molecule has 0 atom stereocenters. The van der Waals surface area contributed by atoms with Crippen molar-refractivity contribution in [1.82, 2.24) is 4.90 Å². The summed E-state index contributed by atoms with van der Waals surface area (Å²) in [7, 11) is 0. The summed E-state index contributed by atoms with van der Waals surface area (Å²) in [5.74, 6) is -1.94. The van der Waals surface area contributed by atoms with Crippen molar-refractivity contribution >= 4 is 47.7 Å². The molecule has 0 aromatic heterocycles. The number of ketones is 1. The zero-order valence-corrected chi connectivity index (χ0v) is 18.4. The molecule has 0 saturated carbocycles. The molecule has 174 valence electrons. The Balaban J connectivity index is 0.00000256. The van der Waals surface area contributed by atoms with Gasteiger partial charge < -0.3 is 15.1 Å². The van der Waals surface area contributed by atoms with Gasteiger partial charge >= 0.3 is 5.69 Å². The molecule has 1 fully saturated rings. The van der Waals surface area contributed by atoms with Gasteiger partial charge in [0.15, 0.2) is 11.5 Å². The van der Waals surface area contributed by atoms with Gasteiger partial charge in [0.2, 0.25) is 5.75 Å². The van der Waals surface area contributed by atoms with Crippen molar-refractivity contribution in [2.45, 2.75) is 6.42 Å². The number of nitro benzene ring substituents is 2. The maximum atomic E-state index is 12.4. The van der Waals surface area contributed by atoms with Crippen LogP contribution in [0.25, 0.3) is 0 Å². The van der Waals surface area contributed by atoms with Gasteiger partial charge in [-0.25, -0.2) is 0 Å². The Labute approximate surface area is 195 Å². The summed E-state index contributed by atoms with van der Waals surface area (Å²) in [5, 5.41) is 40.8. The zero-order valence-electron chi connectivity index (χ0n) is 16.7. The number of piperazine rings is 1. The first kappa shape index (κ1) is 26.9. The van der Waals surface area contributed by atoms with Crippen LogP contribution < -0.4 is 4.90 Å². The number of carbonyl (C=O) groups is 1. The lowest BCUT2D eigenvalue weighted by Gasteiger charge is -2.36. The van der Waals surface area contributed by atoms with Crippen LogP contribution in [0.15, 0.2) is 36.4 Å². The first-order valence-corrected chi connectivity index (χ1v) is 9.21. The number of anilines is 1. The average molecular weight is 489 g/mol. The minimum Gasteiger partial charge on any atom is -0.504 e. The number of rotatable bonds is 7. The Morgan fingerprint density at radius 2 is 1.53 bits per heavy atom. The van der Waals surface area contributed by atoms with Gasteiger partial charge in [0, 0.05) is 68.6 Å². The lowest BCUT2D eigenvalue weighted by Crippen LogP contribution is -2.46. The Kier molecular flexibility index (Phi) is 9.63. The summed E-state index contributed by atoms with van der Waals surface area (Å²) in [6, 6.07) is 8.34. The lowest BCUT2D eigenvalue weighted by molar-refractivity contribution is -0.386. The normalized spacial score (nSPS) is 13.6. The highest BCUT2D eigenvalue weighted by Gasteiger charge is 2.23. The Bertz CT molecular complexity index is 980. The van der Waals surface area contributed by atoms with Gasteiger partial charge in [-0.1, -0.05) is 0 Å². The summed E-state index contributed by atoms with van der Waals surface area (Å²) in [6.45, 7) is 3.20. The average Bonchev–Trinajstić information content (AvgIpc) is 2.74. The predicted octanol–water partition coefficient (Wildman–Crippen LogP) is 3.15. The van der Waals surface area contributed by atoms with Crippen molar-refractivity contribution in [2.24, 2.45) is 0 Å². The Hall–Kier alpha value is -3.15. The van der Waals surface area contributed by atoms with Gasteiger partial charge in [0.25, 0.3) is 5.69 Å². The van der Waals surface area contributed by atoms with Crippen LogP contribution in [-0.2, 0) is 0 Å². The molecule has 2 aromatic rings. The standard InChI is InChI=1S/C19H20N4O7.2ClH/c24-17(13-11-16(23(29)30)19(26)18(25)12-13)5-6-20-7-9-21(10-8-20)14-1-3-15(4-2-14)22(27)28;;/h1-4,11-12,25-26H,5-10H2;2*1H. The number of nitro groups is 2. The molecular weight excluding hydrogens is 467 g/mol. The fourth-order valence-electron chi connectivity index (χ4n) is 3.32. The quantitative estimate of drug-likeness (QED) is 0.259.